The Bertz CT molecular complexity index is 546. The van der Waals surface area contributed by atoms with Crippen LogP contribution in [0.5, 0.6) is 0 Å². The molecular weight excluding hydrogens is 392 g/mol. The third-order valence-corrected chi connectivity index (χ3v) is 5.02. The number of nitrogens with one attached hydrogen (secondary N) is 1. The first-order valence-corrected chi connectivity index (χ1v) is 11.7. The predicted octanol–water partition coefficient (Wildman–Crippen LogP) is 2.73. The third-order valence-electron chi connectivity index (χ3n) is 4.04. The summed E-state index contributed by atoms with van der Waals surface area (Å²) in [5, 5.41) is 15.6. The number of halogens is 2. The van der Waals surface area contributed by atoms with Crippen molar-refractivity contribution in [3.05, 3.63) is 39.4 Å². The summed E-state index contributed by atoms with van der Waals surface area (Å²) in [6.07, 6.45) is 0.680. The van der Waals surface area contributed by atoms with Crippen LogP contribution >= 0.6 is 23.2 Å². The Morgan fingerprint density at radius 3 is 2.54 bits per heavy atom. The largest absolute Gasteiger partial charge is 0.383 e. The van der Waals surface area contributed by atoms with Gasteiger partial charge in [0, 0.05) is 56.7 Å². The van der Waals surface area contributed by atoms with Crippen LogP contribution in [0.1, 0.15) is 11.1 Å². The fraction of sp³-hybridized carbons (Fsp3) is 0.647. The highest BCUT2D eigenvalue weighted by Crippen LogP contribution is 2.21. The van der Waals surface area contributed by atoms with E-state index < -0.39 is 0 Å². The van der Waals surface area contributed by atoms with E-state index in [2.05, 4.69) is 16.0 Å². The van der Waals surface area contributed by atoms with E-state index in [0.717, 1.165) is 29.6 Å². The van der Waals surface area contributed by atoms with Crippen LogP contribution in [0.25, 0.3) is 0 Å². The van der Waals surface area contributed by atoms with Gasteiger partial charge in [-0.15, -0.1) is 29.0 Å². The number of methoxy groups -OCH3 is 1. The second-order valence-electron chi connectivity index (χ2n) is 6.04. The molecule has 6 nitrogen and oxygen atoms in total. The van der Waals surface area contributed by atoms with Crippen LogP contribution in [0.2, 0.25) is 5.79 Å². The molecule has 0 aromatic heterocycles. The number of hydrogen-bond acceptors (Lipinski definition) is 5. The number of alkyl halides is 2. The molecule has 1 aromatic rings. The van der Waals surface area contributed by atoms with E-state index in [-0.39, 0.29) is 16.7 Å². The molecule has 0 spiro atoms. The summed E-state index contributed by atoms with van der Waals surface area (Å²) >= 11 is 12.1. The number of nitro groups is 1. The van der Waals surface area contributed by atoms with Crippen LogP contribution in [0.15, 0.2) is 18.2 Å². The Labute approximate surface area is 172 Å². The van der Waals surface area contributed by atoms with Gasteiger partial charge in [-0.1, -0.05) is 11.5 Å². The van der Waals surface area contributed by atoms with Gasteiger partial charge in [-0.2, -0.15) is 0 Å². The molecule has 0 unspecified atom stereocenters. The topological polar surface area (TPSA) is 67.6 Å². The molecule has 0 amide bonds. The lowest BCUT2D eigenvalue weighted by atomic mass is 9.99. The van der Waals surface area contributed by atoms with E-state index >= 15 is 0 Å². The number of nitro benzene ring substituents is 1. The average molecular weight is 419 g/mol. The van der Waals surface area contributed by atoms with Gasteiger partial charge < -0.3 is 10.1 Å². The molecule has 0 bridgehead atoms. The van der Waals surface area contributed by atoms with Gasteiger partial charge in [-0.25, -0.2) is 0 Å². The lowest BCUT2D eigenvalue weighted by molar-refractivity contribution is -0.384. The maximum atomic E-state index is 11.2. The van der Waals surface area contributed by atoms with Crippen molar-refractivity contribution in [1.82, 2.24) is 10.2 Å². The fourth-order valence-electron chi connectivity index (χ4n) is 2.76. The molecule has 1 radical (unpaired) electrons. The van der Waals surface area contributed by atoms with Crippen molar-refractivity contribution >= 4 is 44.1 Å². The van der Waals surface area contributed by atoms with Gasteiger partial charge in [0.05, 0.1) is 11.5 Å². The van der Waals surface area contributed by atoms with Gasteiger partial charge in [-0.3, -0.25) is 15.0 Å². The normalized spacial score (nSPS) is 12.3. The molecule has 1 N–H and O–H groups in total. The molecule has 9 heteroatoms. The smallest absolute Gasteiger partial charge is 0.269 e. The number of benzene rings is 1. The Morgan fingerprint density at radius 2 is 2.00 bits per heavy atom. The highest BCUT2D eigenvalue weighted by molar-refractivity contribution is 6.33. The van der Waals surface area contributed by atoms with Crippen molar-refractivity contribution < 1.29 is 9.66 Å². The summed E-state index contributed by atoms with van der Waals surface area (Å²) in [6, 6.07) is 5.21. The molecule has 1 atom stereocenters. The van der Waals surface area contributed by atoms with E-state index in [1.807, 2.05) is 6.07 Å². The highest BCUT2D eigenvalue weighted by atomic mass is 35.5. The molecule has 0 saturated carbocycles. The molecule has 26 heavy (non-hydrogen) atoms. The van der Waals surface area contributed by atoms with Gasteiger partial charge in [0.25, 0.3) is 5.69 Å². The van der Waals surface area contributed by atoms with Crippen LogP contribution in [0.3, 0.4) is 0 Å². The van der Waals surface area contributed by atoms with Crippen LogP contribution < -0.4 is 5.32 Å². The summed E-state index contributed by atoms with van der Waals surface area (Å²) in [6.45, 7) is 2.69. The van der Waals surface area contributed by atoms with Crippen LogP contribution in [-0.2, 0) is 17.7 Å². The lowest BCUT2D eigenvalue weighted by Crippen LogP contribution is -2.37. The minimum atomic E-state index is -0.350. The SMILES string of the molecule is COC[C@H](Cc1cc([N+](=O)[O-])ccc1CN(CCCl)CCCl)N[CH2][Al][CH3]. The van der Waals surface area contributed by atoms with Crippen molar-refractivity contribution in [3.8, 4) is 0 Å². The Hall–Kier alpha value is -0.388. The zero-order valence-electron chi connectivity index (χ0n) is 15.4. The Balaban J connectivity index is 3.05. The quantitative estimate of drug-likeness (QED) is 0.217. The number of non-ortho nitro benzene ring substituents is 1. The van der Waals surface area contributed by atoms with E-state index in [4.69, 9.17) is 27.9 Å². The van der Waals surface area contributed by atoms with E-state index in [1.165, 1.54) is 0 Å². The molecule has 0 saturated heterocycles. The summed E-state index contributed by atoms with van der Waals surface area (Å²) in [5.74, 6) is 3.23. The van der Waals surface area contributed by atoms with E-state index in [1.54, 1.807) is 19.2 Å². The van der Waals surface area contributed by atoms with Crippen molar-refractivity contribution in [1.29, 1.82) is 0 Å². The fourth-order valence-corrected chi connectivity index (χ4v) is 3.81. The monoisotopic (exact) mass is 418 g/mol. The molecule has 0 aliphatic rings. The first kappa shape index (κ1) is 23.7. The molecule has 1 rings (SSSR count). The van der Waals surface area contributed by atoms with E-state index in [9.17, 15) is 10.1 Å². The van der Waals surface area contributed by atoms with Crippen LogP contribution in [0.4, 0.5) is 5.69 Å². The van der Waals surface area contributed by atoms with E-state index in [0.29, 0.717) is 46.6 Å². The van der Waals surface area contributed by atoms with Gasteiger partial charge in [-0.05, 0) is 17.5 Å². The first-order chi connectivity index (χ1) is 12.5. The Morgan fingerprint density at radius 1 is 1.31 bits per heavy atom. The molecule has 0 aliphatic heterocycles. The van der Waals surface area contributed by atoms with Gasteiger partial charge in [0.2, 0.25) is 15.2 Å². The summed E-state index contributed by atoms with van der Waals surface area (Å²) in [7, 11) is 1.67. The van der Waals surface area contributed by atoms with Gasteiger partial charge in [0.1, 0.15) is 0 Å². The molecule has 0 aliphatic carbocycles. The molecule has 0 fully saturated rings. The second-order valence-corrected chi connectivity index (χ2v) is 8.02. The summed E-state index contributed by atoms with van der Waals surface area (Å²) < 4.78 is 5.32. The minimum absolute atomic E-state index is 0.113. The first-order valence-electron chi connectivity index (χ1n) is 8.66. The average Bonchev–Trinajstić information content (AvgIpc) is 2.61. The van der Waals surface area contributed by atoms with Crippen molar-refractivity contribution in [3.63, 3.8) is 0 Å². The molecule has 0 heterocycles. The maximum absolute atomic E-state index is 11.2. The molecule has 145 valence electrons. The summed E-state index contributed by atoms with van der Waals surface area (Å²) in [5.41, 5.74) is 2.15. The third kappa shape index (κ3) is 8.53. The lowest BCUT2D eigenvalue weighted by Gasteiger charge is -2.24. The summed E-state index contributed by atoms with van der Waals surface area (Å²) in [4.78, 5) is 13.0. The number of nitrogens with zero attached hydrogens (tertiary/aromatic N) is 2. The standard InChI is InChI=1S/C16H24Cl2N3O3.CH3.Al/c1-19-15(12-24-2)9-14-10-16(21(22)23)4-3-13(14)11-20(7-5-17)8-6-18;;/h3-4,10,15,19H,1,5-9,11-12H2,2H3;1H3;/t15-;;/m0../s1. The van der Waals surface area contributed by atoms with Crippen molar-refractivity contribution in [2.24, 2.45) is 0 Å². The molecule has 1 aromatic carbocycles. The maximum Gasteiger partial charge on any atom is 0.269 e. The number of hydrogen-bond donors (Lipinski definition) is 1. The van der Waals surface area contributed by atoms with Crippen LogP contribution in [-0.4, -0.2) is 75.1 Å². The molecular formula is C17H27AlCl2N3O3. The number of ether oxygens (including phenoxy) is 1. The van der Waals surface area contributed by atoms with Gasteiger partial charge in [0.15, 0.2) is 0 Å². The van der Waals surface area contributed by atoms with Crippen molar-refractivity contribution in [2.45, 2.75) is 24.8 Å². The second kappa shape index (κ2) is 13.7. The van der Waals surface area contributed by atoms with Gasteiger partial charge >= 0.3 is 0 Å². The number of rotatable bonds is 14. The zero-order valence-corrected chi connectivity index (χ0v) is 18.1. The minimum Gasteiger partial charge on any atom is -0.383 e. The Kier molecular flexibility index (Phi) is 12.5. The zero-order chi connectivity index (χ0) is 19.4. The predicted molar refractivity (Wildman–Crippen MR) is 109 cm³/mol. The highest BCUT2D eigenvalue weighted by Gasteiger charge is 2.17. The van der Waals surface area contributed by atoms with Crippen LogP contribution in [0, 0.1) is 10.1 Å². The van der Waals surface area contributed by atoms with Crippen molar-refractivity contribution in [2.75, 3.05) is 44.0 Å².